The molecule has 0 atom stereocenters. The molecule has 0 saturated heterocycles. The summed E-state index contributed by atoms with van der Waals surface area (Å²) in [5.74, 6) is 1.34. The Morgan fingerprint density at radius 3 is 2.42 bits per heavy atom. The van der Waals surface area contributed by atoms with E-state index in [4.69, 9.17) is 4.74 Å². The molecule has 0 unspecified atom stereocenters. The summed E-state index contributed by atoms with van der Waals surface area (Å²) in [4.78, 5) is 10.6. The Bertz CT molecular complexity index is 667. The van der Waals surface area contributed by atoms with Crippen LogP contribution in [0.15, 0.2) is 72.5 Å². The van der Waals surface area contributed by atoms with Gasteiger partial charge in [-0.15, -0.1) is 0 Å². The molecular formula is C17H12O2. The molecule has 2 aromatic rings. The molecule has 92 valence electrons. The molecule has 0 radical (unpaired) electrons. The number of para-hydroxylation sites is 1. The van der Waals surface area contributed by atoms with Crippen LogP contribution in [0.4, 0.5) is 0 Å². The quantitative estimate of drug-likeness (QED) is 0.599. The van der Waals surface area contributed by atoms with Crippen molar-refractivity contribution in [3.63, 3.8) is 0 Å². The second-order valence-corrected chi connectivity index (χ2v) is 4.23. The molecule has 0 N–H and O–H groups in total. The lowest BCUT2D eigenvalue weighted by atomic mass is 9.95. The zero-order valence-electron chi connectivity index (χ0n) is 10.2. The summed E-state index contributed by atoms with van der Waals surface area (Å²) >= 11 is 0. The second-order valence-electron chi connectivity index (χ2n) is 4.23. The molecule has 0 aromatic heterocycles. The normalized spacial score (nSPS) is 15.4. The van der Waals surface area contributed by atoms with Crippen molar-refractivity contribution in [1.29, 1.82) is 0 Å². The number of carbonyl (C=O) groups excluding carboxylic acids is 1. The number of aldehydes is 1. The molecule has 0 bridgehead atoms. The van der Waals surface area contributed by atoms with Crippen molar-refractivity contribution in [2.75, 3.05) is 0 Å². The maximum absolute atomic E-state index is 10.6. The maximum atomic E-state index is 10.6. The van der Waals surface area contributed by atoms with Crippen LogP contribution in [0.5, 0.6) is 5.75 Å². The summed E-state index contributed by atoms with van der Waals surface area (Å²) < 4.78 is 5.68. The third-order valence-corrected chi connectivity index (χ3v) is 3.01. The third kappa shape index (κ3) is 2.20. The largest absolute Gasteiger partial charge is 0.457 e. The number of carbonyl (C=O) groups is 1. The number of fused-ring (bicyclic) bond motifs is 1. The molecule has 0 amide bonds. The average molecular weight is 248 g/mol. The van der Waals surface area contributed by atoms with Crippen molar-refractivity contribution in [3.05, 3.63) is 83.6 Å². The number of hydrogen-bond acceptors (Lipinski definition) is 2. The van der Waals surface area contributed by atoms with Crippen LogP contribution in [0.25, 0.3) is 5.57 Å². The molecule has 2 nitrogen and oxygen atoms in total. The number of allylic oxidation sites excluding steroid dienone is 2. The Balaban J connectivity index is 2.18. The van der Waals surface area contributed by atoms with Crippen LogP contribution >= 0.6 is 0 Å². The lowest BCUT2D eigenvalue weighted by Crippen LogP contribution is -2.04. The third-order valence-electron chi connectivity index (χ3n) is 3.01. The smallest absolute Gasteiger partial charge is 0.146 e. The predicted octanol–water partition coefficient (Wildman–Crippen LogP) is 3.59. The topological polar surface area (TPSA) is 26.3 Å². The Labute approximate surface area is 111 Å². The minimum absolute atomic E-state index is 0.563. The van der Waals surface area contributed by atoms with E-state index in [1.54, 1.807) is 0 Å². The highest BCUT2D eigenvalue weighted by atomic mass is 16.5. The van der Waals surface area contributed by atoms with Crippen molar-refractivity contribution in [1.82, 2.24) is 0 Å². The fourth-order valence-electron chi connectivity index (χ4n) is 2.16. The van der Waals surface area contributed by atoms with E-state index in [-0.39, 0.29) is 0 Å². The fraction of sp³-hybridized carbons (Fsp3) is 0. The predicted molar refractivity (Wildman–Crippen MR) is 74.7 cm³/mol. The zero-order valence-corrected chi connectivity index (χ0v) is 10.2. The molecule has 0 saturated carbocycles. The van der Waals surface area contributed by atoms with Crippen LogP contribution in [0.3, 0.4) is 0 Å². The molecular weight excluding hydrogens is 236 g/mol. The Hall–Kier alpha value is -2.61. The van der Waals surface area contributed by atoms with Gasteiger partial charge in [0.2, 0.25) is 0 Å². The van der Waals surface area contributed by atoms with Gasteiger partial charge in [-0.1, -0.05) is 48.5 Å². The van der Waals surface area contributed by atoms with E-state index in [1.807, 2.05) is 60.7 Å². The van der Waals surface area contributed by atoms with Crippen LogP contribution in [-0.2, 0) is 4.79 Å². The van der Waals surface area contributed by atoms with Gasteiger partial charge in [-0.2, -0.15) is 0 Å². The maximum Gasteiger partial charge on any atom is 0.146 e. The van der Waals surface area contributed by atoms with E-state index < -0.39 is 0 Å². The summed E-state index contributed by atoms with van der Waals surface area (Å²) in [6.07, 6.45) is 4.06. The summed E-state index contributed by atoms with van der Waals surface area (Å²) in [7, 11) is 0. The fourth-order valence-corrected chi connectivity index (χ4v) is 2.16. The highest BCUT2D eigenvalue weighted by molar-refractivity contribution is 5.86. The van der Waals surface area contributed by atoms with Crippen LogP contribution in [-0.4, -0.2) is 6.29 Å². The summed E-state index contributed by atoms with van der Waals surface area (Å²) in [6.45, 7) is 0. The van der Waals surface area contributed by atoms with Crippen molar-refractivity contribution < 1.29 is 9.53 Å². The molecule has 2 aromatic carbocycles. The van der Waals surface area contributed by atoms with Gasteiger partial charge in [-0.3, -0.25) is 4.79 Å². The number of hydrogen-bond donors (Lipinski definition) is 0. The Morgan fingerprint density at radius 2 is 1.63 bits per heavy atom. The molecule has 0 aliphatic carbocycles. The lowest BCUT2D eigenvalue weighted by molar-refractivity contribution is -0.104. The second kappa shape index (κ2) is 4.94. The van der Waals surface area contributed by atoms with E-state index in [0.29, 0.717) is 5.76 Å². The van der Waals surface area contributed by atoms with Gasteiger partial charge < -0.3 is 4.74 Å². The van der Waals surface area contributed by atoms with Crippen molar-refractivity contribution in [3.8, 4) is 5.75 Å². The lowest BCUT2D eigenvalue weighted by Gasteiger charge is -2.20. The van der Waals surface area contributed by atoms with Gasteiger partial charge in [-0.25, -0.2) is 0 Å². The first kappa shape index (κ1) is 11.5. The van der Waals surface area contributed by atoms with Gasteiger partial charge in [-0.05, 0) is 23.3 Å². The van der Waals surface area contributed by atoms with Crippen LogP contribution in [0, 0.1) is 0 Å². The first-order valence-corrected chi connectivity index (χ1v) is 6.08. The van der Waals surface area contributed by atoms with Gasteiger partial charge in [0.05, 0.1) is 0 Å². The van der Waals surface area contributed by atoms with E-state index in [0.717, 1.165) is 28.7 Å². The van der Waals surface area contributed by atoms with Crippen LogP contribution in [0.1, 0.15) is 11.1 Å². The van der Waals surface area contributed by atoms with Crippen molar-refractivity contribution >= 4 is 11.9 Å². The molecule has 2 heteroatoms. The zero-order chi connectivity index (χ0) is 13.1. The highest BCUT2D eigenvalue weighted by Crippen LogP contribution is 2.36. The molecule has 0 spiro atoms. The molecule has 3 rings (SSSR count). The SMILES string of the molecule is O=CC=C1C=C(c2ccccc2)c2ccccc2O1. The Morgan fingerprint density at radius 1 is 0.895 bits per heavy atom. The van der Waals surface area contributed by atoms with Crippen molar-refractivity contribution in [2.45, 2.75) is 0 Å². The summed E-state index contributed by atoms with van der Waals surface area (Å²) in [6, 6.07) is 17.9. The van der Waals surface area contributed by atoms with Gasteiger partial charge in [0.1, 0.15) is 17.8 Å². The molecule has 1 aliphatic rings. The van der Waals surface area contributed by atoms with E-state index in [1.165, 1.54) is 6.08 Å². The standard InChI is InChI=1S/C17H12O2/c18-11-10-14-12-16(13-6-2-1-3-7-13)15-8-4-5-9-17(15)19-14/h1-12H. The number of benzene rings is 2. The molecule has 1 aliphatic heterocycles. The molecule has 1 heterocycles. The van der Waals surface area contributed by atoms with Gasteiger partial charge in [0.25, 0.3) is 0 Å². The first-order valence-electron chi connectivity index (χ1n) is 6.08. The van der Waals surface area contributed by atoms with Crippen molar-refractivity contribution in [2.24, 2.45) is 0 Å². The average Bonchev–Trinajstić information content (AvgIpc) is 2.48. The summed E-state index contributed by atoms with van der Waals surface area (Å²) in [5.41, 5.74) is 3.21. The van der Waals surface area contributed by atoms with Gasteiger partial charge in [0.15, 0.2) is 0 Å². The molecule has 19 heavy (non-hydrogen) atoms. The van der Waals surface area contributed by atoms with Crippen LogP contribution in [0.2, 0.25) is 0 Å². The number of rotatable bonds is 2. The van der Waals surface area contributed by atoms with E-state index >= 15 is 0 Å². The van der Waals surface area contributed by atoms with Crippen LogP contribution < -0.4 is 4.74 Å². The Kier molecular flexibility index (Phi) is 2.99. The first-order chi connectivity index (χ1) is 9.38. The monoisotopic (exact) mass is 248 g/mol. The van der Waals surface area contributed by atoms with E-state index in [9.17, 15) is 4.79 Å². The summed E-state index contributed by atoms with van der Waals surface area (Å²) in [5, 5.41) is 0. The minimum atomic E-state index is 0.563. The minimum Gasteiger partial charge on any atom is -0.457 e. The van der Waals surface area contributed by atoms with E-state index in [2.05, 4.69) is 0 Å². The van der Waals surface area contributed by atoms with Gasteiger partial charge in [0, 0.05) is 11.6 Å². The highest BCUT2D eigenvalue weighted by Gasteiger charge is 2.17. The van der Waals surface area contributed by atoms with Gasteiger partial charge >= 0.3 is 0 Å². The number of ether oxygens (including phenoxy) is 1. The molecule has 0 fully saturated rings.